The molecule has 1 aromatic rings. The lowest BCUT2D eigenvalue weighted by atomic mass is 10.2. The second kappa shape index (κ2) is 5.26. The van der Waals surface area contributed by atoms with Crippen LogP contribution in [0.25, 0.3) is 0 Å². The van der Waals surface area contributed by atoms with E-state index in [0.717, 1.165) is 6.07 Å². The van der Waals surface area contributed by atoms with Crippen LogP contribution in [0.4, 0.5) is 4.39 Å². The largest absolute Gasteiger partial charge is 0.347 e. The predicted molar refractivity (Wildman–Crippen MR) is 71.0 cm³/mol. The van der Waals surface area contributed by atoms with Crippen molar-refractivity contribution in [2.75, 3.05) is 11.5 Å². The zero-order valence-corrected chi connectivity index (χ0v) is 11.9. The Kier molecular flexibility index (Phi) is 4.03. The molecule has 0 saturated carbocycles. The number of nitrogens with one attached hydrogen (secondary N) is 1. The van der Waals surface area contributed by atoms with Crippen molar-refractivity contribution in [2.45, 2.75) is 11.4 Å². The fraction of sp³-hybridized carbons (Fsp3) is 0.364. The highest BCUT2D eigenvalue weighted by molar-refractivity contribution is 7.91. The maximum atomic E-state index is 13.2. The van der Waals surface area contributed by atoms with E-state index in [9.17, 15) is 17.6 Å². The van der Waals surface area contributed by atoms with Crippen molar-refractivity contribution in [3.63, 3.8) is 0 Å². The molecule has 1 aliphatic heterocycles. The first-order valence-electron chi connectivity index (χ1n) is 5.39. The number of halogens is 3. The first-order chi connectivity index (χ1) is 8.78. The second-order valence-electron chi connectivity index (χ2n) is 4.30. The van der Waals surface area contributed by atoms with Crippen molar-refractivity contribution in [3.05, 3.63) is 34.6 Å². The van der Waals surface area contributed by atoms with E-state index >= 15 is 0 Å². The molecule has 4 nitrogen and oxygen atoms in total. The summed E-state index contributed by atoms with van der Waals surface area (Å²) in [5.41, 5.74) is 0.0649. The van der Waals surface area contributed by atoms with Crippen LogP contribution in [0.5, 0.6) is 0 Å². The third-order valence-electron chi connectivity index (χ3n) is 2.78. The van der Waals surface area contributed by atoms with E-state index in [-0.39, 0.29) is 22.1 Å². The Balaban J connectivity index is 2.11. The summed E-state index contributed by atoms with van der Waals surface area (Å²) in [7, 11) is -3.23. The van der Waals surface area contributed by atoms with Crippen LogP contribution in [0.3, 0.4) is 0 Å². The molecule has 1 heterocycles. The zero-order valence-electron chi connectivity index (χ0n) is 9.57. The summed E-state index contributed by atoms with van der Waals surface area (Å²) in [6.45, 7) is 0. The van der Waals surface area contributed by atoms with Crippen molar-refractivity contribution in [2.24, 2.45) is 0 Å². The molecule has 8 heteroatoms. The molecule has 1 amide bonds. The molecule has 1 aliphatic rings. The molecular weight excluding hydrogens is 316 g/mol. The van der Waals surface area contributed by atoms with Gasteiger partial charge in [-0.3, -0.25) is 4.79 Å². The third kappa shape index (κ3) is 3.38. The summed E-state index contributed by atoms with van der Waals surface area (Å²) >= 11 is 11.4. The molecule has 1 saturated heterocycles. The molecule has 1 fully saturated rings. The molecule has 1 aromatic carbocycles. The van der Waals surface area contributed by atoms with Gasteiger partial charge in [0.15, 0.2) is 9.84 Å². The number of carbonyl (C=O) groups excluding carboxylic acids is 1. The number of benzene rings is 1. The fourth-order valence-electron chi connectivity index (χ4n) is 1.83. The van der Waals surface area contributed by atoms with Crippen LogP contribution in [0.15, 0.2) is 18.2 Å². The van der Waals surface area contributed by atoms with Gasteiger partial charge in [-0.05, 0) is 18.2 Å². The molecule has 19 heavy (non-hydrogen) atoms. The number of rotatable bonds is 2. The second-order valence-corrected chi connectivity index (χ2v) is 7.42. The van der Waals surface area contributed by atoms with Gasteiger partial charge >= 0.3 is 0 Å². The average Bonchev–Trinajstić information content (AvgIpc) is 2.55. The molecule has 104 valence electrons. The number of hydrogen-bond acceptors (Lipinski definition) is 3. The SMILES string of the molecule is O=C(NC1CS(=O)(=O)CC1Cl)c1ccc(Cl)c(F)c1. The number of hydrogen-bond donors (Lipinski definition) is 1. The molecular formula is C11H10Cl2FNO3S. The number of amides is 1. The van der Waals surface area contributed by atoms with Crippen molar-refractivity contribution < 1.29 is 17.6 Å². The lowest BCUT2D eigenvalue weighted by Crippen LogP contribution is -2.40. The first kappa shape index (κ1) is 14.6. The molecule has 2 atom stereocenters. The Bertz CT molecular complexity index is 620. The highest BCUT2D eigenvalue weighted by Crippen LogP contribution is 2.19. The lowest BCUT2D eigenvalue weighted by molar-refractivity contribution is 0.0941. The van der Waals surface area contributed by atoms with Crippen LogP contribution in [0, 0.1) is 5.82 Å². The molecule has 2 rings (SSSR count). The lowest BCUT2D eigenvalue weighted by Gasteiger charge is -2.14. The van der Waals surface area contributed by atoms with Gasteiger partial charge in [0.1, 0.15) is 5.82 Å². The van der Waals surface area contributed by atoms with Gasteiger partial charge in [-0.15, -0.1) is 11.6 Å². The van der Waals surface area contributed by atoms with Gasteiger partial charge in [0.2, 0.25) is 0 Å². The Morgan fingerprint density at radius 3 is 2.58 bits per heavy atom. The quantitative estimate of drug-likeness (QED) is 0.840. The molecule has 0 bridgehead atoms. The topological polar surface area (TPSA) is 63.2 Å². The van der Waals surface area contributed by atoms with Gasteiger partial charge in [-0.1, -0.05) is 11.6 Å². The minimum absolute atomic E-state index is 0.0649. The van der Waals surface area contributed by atoms with Gasteiger partial charge in [-0.25, -0.2) is 12.8 Å². The maximum Gasteiger partial charge on any atom is 0.251 e. The highest BCUT2D eigenvalue weighted by atomic mass is 35.5. The van der Waals surface area contributed by atoms with Crippen molar-refractivity contribution >= 4 is 38.9 Å². The average molecular weight is 326 g/mol. The summed E-state index contributed by atoms with van der Waals surface area (Å²) in [6, 6.07) is 2.94. The van der Waals surface area contributed by atoms with Gasteiger partial charge in [0.25, 0.3) is 5.91 Å². The minimum Gasteiger partial charge on any atom is -0.347 e. The highest BCUT2D eigenvalue weighted by Gasteiger charge is 2.37. The summed E-state index contributed by atoms with van der Waals surface area (Å²) < 4.78 is 35.9. The van der Waals surface area contributed by atoms with Crippen LogP contribution < -0.4 is 5.32 Å². The molecule has 1 N–H and O–H groups in total. The zero-order chi connectivity index (χ0) is 14.2. The Morgan fingerprint density at radius 2 is 2.05 bits per heavy atom. The molecule has 0 spiro atoms. The third-order valence-corrected chi connectivity index (χ3v) is 5.46. The van der Waals surface area contributed by atoms with Crippen LogP contribution in [0.2, 0.25) is 5.02 Å². The molecule has 2 unspecified atom stereocenters. The monoisotopic (exact) mass is 325 g/mol. The van der Waals surface area contributed by atoms with E-state index in [1.165, 1.54) is 12.1 Å². The van der Waals surface area contributed by atoms with Gasteiger partial charge < -0.3 is 5.32 Å². The number of carbonyl (C=O) groups is 1. The number of sulfone groups is 1. The van der Waals surface area contributed by atoms with E-state index in [0.29, 0.717) is 0 Å². The smallest absolute Gasteiger partial charge is 0.251 e. The van der Waals surface area contributed by atoms with Crippen molar-refractivity contribution in [3.8, 4) is 0 Å². The summed E-state index contributed by atoms with van der Waals surface area (Å²) in [5.74, 6) is -1.67. The molecule has 0 aliphatic carbocycles. The van der Waals surface area contributed by atoms with E-state index in [2.05, 4.69) is 5.32 Å². The number of alkyl halides is 1. The van der Waals surface area contributed by atoms with Crippen LogP contribution >= 0.6 is 23.2 Å². The van der Waals surface area contributed by atoms with Crippen molar-refractivity contribution in [1.82, 2.24) is 5.32 Å². The summed E-state index contributed by atoms with van der Waals surface area (Å²) in [5, 5.41) is 1.72. The van der Waals surface area contributed by atoms with E-state index in [1.54, 1.807) is 0 Å². The van der Waals surface area contributed by atoms with Gasteiger partial charge in [0.05, 0.1) is 27.9 Å². The fourth-order valence-corrected chi connectivity index (χ4v) is 4.49. The van der Waals surface area contributed by atoms with Crippen LogP contribution in [-0.2, 0) is 9.84 Å². The first-order valence-corrected chi connectivity index (χ1v) is 8.02. The van der Waals surface area contributed by atoms with E-state index in [1.807, 2.05) is 0 Å². The van der Waals surface area contributed by atoms with Gasteiger partial charge in [0, 0.05) is 5.56 Å². The molecule has 0 radical (unpaired) electrons. The normalized spacial score (nSPS) is 25.2. The summed E-state index contributed by atoms with van der Waals surface area (Å²) in [4.78, 5) is 11.8. The van der Waals surface area contributed by atoms with E-state index in [4.69, 9.17) is 23.2 Å². The van der Waals surface area contributed by atoms with Crippen LogP contribution in [0.1, 0.15) is 10.4 Å². The minimum atomic E-state index is -3.23. The summed E-state index contributed by atoms with van der Waals surface area (Å²) in [6.07, 6.45) is 0. The predicted octanol–water partition coefficient (Wildman–Crippen LogP) is 1.61. The van der Waals surface area contributed by atoms with E-state index < -0.39 is 33.0 Å². The van der Waals surface area contributed by atoms with Gasteiger partial charge in [-0.2, -0.15) is 0 Å². The van der Waals surface area contributed by atoms with Crippen molar-refractivity contribution in [1.29, 1.82) is 0 Å². The Labute approximate surface area is 119 Å². The Morgan fingerprint density at radius 1 is 1.37 bits per heavy atom. The van der Waals surface area contributed by atoms with Crippen LogP contribution in [-0.4, -0.2) is 37.2 Å². The maximum absolute atomic E-state index is 13.2. The standard InChI is InChI=1S/C11H10Cl2FNO3S/c12-7-2-1-6(3-9(7)14)11(16)15-10-5-19(17,18)4-8(10)13/h1-3,8,10H,4-5H2,(H,15,16). The Hall–Kier alpha value is -0.850. The molecule has 0 aromatic heterocycles.